The van der Waals surface area contributed by atoms with Crippen LogP contribution in [0.4, 0.5) is 0 Å². The smallest absolute Gasteiger partial charge is 0.194 e. The van der Waals surface area contributed by atoms with Gasteiger partial charge in [-0.25, -0.2) is 0 Å². The number of hydrogen-bond donors (Lipinski definition) is 1. The molecule has 1 aliphatic rings. The quantitative estimate of drug-likeness (QED) is 0.473. The van der Waals surface area contributed by atoms with Crippen LogP contribution in [0.1, 0.15) is 19.1 Å². The molecule has 2 rings (SSSR count). The second-order valence-corrected chi connectivity index (χ2v) is 6.71. The van der Waals surface area contributed by atoms with Crippen LogP contribution in [0.15, 0.2) is 27.8 Å². The Bertz CT molecular complexity index is 437. The zero-order valence-electron chi connectivity index (χ0n) is 13.6. The lowest BCUT2D eigenvalue weighted by Gasteiger charge is -2.34. The maximum absolute atomic E-state index is 5.38. The molecule has 1 atom stereocenters. The second kappa shape index (κ2) is 9.79. The van der Waals surface area contributed by atoms with Crippen LogP contribution >= 0.6 is 11.8 Å². The van der Waals surface area contributed by atoms with Gasteiger partial charge >= 0.3 is 0 Å². The highest BCUT2D eigenvalue weighted by atomic mass is 32.2. The van der Waals surface area contributed by atoms with Crippen molar-refractivity contribution in [2.24, 2.45) is 4.99 Å². The highest BCUT2D eigenvalue weighted by Crippen LogP contribution is 2.21. The fraction of sp³-hybridized carbons (Fsp3) is 0.688. The van der Waals surface area contributed by atoms with Crippen molar-refractivity contribution in [1.29, 1.82) is 0 Å². The number of methoxy groups -OCH3 is 1. The molecule has 2 heterocycles. The van der Waals surface area contributed by atoms with Crippen molar-refractivity contribution < 1.29 is 9.15 Å². The minimum atomic E-state index is 0.656. The van der Waals surface area contributed by atoms with Gasteiger partial charge in [0.1, 0.15) is 5.76 Å². The van der Waals surface area contributed by atoms with E-state index in [2.05, 4.69) is 28.9 Å². The van der Waals surface area contributed by atoms with Crippen LogP contribution in [0, 0.1) is 0 Å². The summed E-state index contributed by atoms with van der Waals surface area (Å²) in [6.45, 7) is 6.57. The van der Waals surface area contributed by atoms with E-state index in [0.717, 1.165) is 37.8 Å². The summed E-state index contributed by atoms with van der Waals surface area (Å²) in [7, 11) is 1.71. The van der Waals surface area contributed by atoms with Crippen molar-refractivity contribution in [3.8, 4) is 0 Å². The minimum Gasteiger partial charge on any atom is -0.469 e. The van der Waals surface area contributed by atoms with Crippen LogP contribution in [0.25, 0.3) is 0 Å². The average molecular weight is 325 g/mol. The molecule has 0 saturated carbocycles. The summed E-state index contributed by atoms with van der Waals surface area (Å²) >= 11 is 2.07. The van der Waals surface area contributed by atoms with Gasteiger partial charge in [-0.3, -0.25) is 4.99 Å². The van der Waals surface area contributed by atoms with E-state index >= 15 is 0 Å². The molecule has 1 unspecified atom stereocenters. The van der Waals surface area contributed by atoms with Gasteiger partial charge in [0, 0.05) is 44.2 Å². The van der Waals surface area contributed by atoms with Crippen molar-refractivity contribution in [2.75, 3.05) is 45.6 Å². The Kier molecular flexibility index (Phi) is 7.66. The molecule has 0 bridgehead atoms. The van der Waals surface area contributed by atoms with Crippen molar-refractivity contribution in [2.45, 2.75) is 25.0 Å². The van der Waals surface area contributed by atoms with E-state index in [-0.39, 0.29) is 0 Å². The van der Waals surface area contributed by atoms with Crippen molar-refractivity contribution in [3.63, 3.8) is 0 Å². The first-order chi connectivity index (χ1) is 10.8. The molecule has 1 fully saturated rings. The van der Waals surface area contributed by atoms with Crippen molar-refractivity contribution >= 4 is 17.7 Å². The maximum Gasteiger partial charge on any atom is 0.194 e. The van der Waals surface area contributed by atoms with E-state index in [0.29, 0.717) is 18.4 Å². The Hall–Kier alpha value is -1.14. The van der Waals surface area contributed by atoms with E-state index < -0.39 is 0 Å². The molecule has 1 aromatic rings. The van der Waals surface area contributed by atoms with E-state index in [1.807, 2.05) is 12.1 Å². The Morgan fingerprint density at radius 3 is 3.23 bits per heavy atom. The van der Waals surface area contributed by atoms with Gasteiger partial charge in [0.2, 0.25) is 0 Å². The first-order valence-electron chi connectivity index (χ1n) is 7.99. The van der Waals surface area contributed by atoms with Gasteiger partial charge in [-0.2, -0.15) is 11.8 Å². The first kappa shape index (κ1) is 17.2. The van der Waals surface area contributed by atoms with Gasteiger partial charge in [-0.1, -0.05) is 6.92 Å². The average Bonchev–Trinajstić information content (AvgIpc) is 3.07. The molecule has 1 saturated heterocycles. The molecule has 0 aliphatic carbocycles. The van der Waals surface area contributed by atoms with Gasteiger partial charge in [0.25, 0.3) is 0 Å². The number of nitrogens with zero attached hydrogens (tertiary/aromatic N) is 2. The summed E-state index contributed by atoms with van der Waals surface area (Å²) in [6.07, 6.45) is 3.80. The van der Waals surface area contributed by atoms with Gasteiger partial charge in [0.15, 0.2) is 5.96 Å². The number of furan rings is 1. The molecular formula is C16H27N3O2S. The van der Waals surface area contributed by atoms with Crippen LogP contribution in [-0.2, 0) is 11.2 Å². The maximum atomic E-state index is 5.38. The molecule has 6 heteroatoms. The van der Waals surface area contributed by atoms with Crippen LogP contribution in [0.5, 0.6) is 0 Å². The third-order valence-corrected chi connectivity index (χ3v) is 5.06. The fourth-order valence-electron chi connectivity index (χ4n) is 2.42. The molecule has 124 valence electrons. The number of nitrogens with one attached hydrogen (secondary N) is 1. The molecular weight excluding hydrogens is 298 g/mol. The largest absolute Gasteiger partial charge is 0.469 e. The normalized spacial score (nSPS) is 19.5. The molecule has 0 amide bonds. The molecule has 0 spiro atoms. The van der Waals surface area contributed by atoms with Gasteiger partial charge in [0.05, 0.1) is 19.4 Å². The monoisotopic (exact) mass is 325 g/mol. The van der Waals surface area contributed by atoms with Crippen LogP contribution in [0.2, 0.25) is 0 Å². The Labute approximate surface area is 137 Å². The van der Waals surface area contributed by atoms with Crippen LogP contribution in [0.3, 0.4) is 0 Å². The molecule has 5 nitrogen and oxygen atoms in total. The summed E-state index contributed by atoms with van der Waals surface area (Å²) in [5.74, 6) is 3.17. The summed E-state index contributed by atoms with van der Waals surface area (Å²) < 4.78 is 10.5. The SMILES string of the molecule is CCC1CN(C(=NCCOC)NCCc2ccco2)CCS1. The van der Waals surface area contributed by atoms with Crippen LogP contribution in [-0.4, -0.2) is 61.8 Å². The minimum absolute atomic E-state index is 0.656. The van der Waals surface area contributed by atoms with E-state index in [4.69, 9.17) is 14.1 Å². The van der Waals surface area contributed by atoms with E-state index in [1.165, 1.54) is 12.2 Å². The third kappa shape index (κ3) is 5.57. The third-order valence-electron chi connectivity index (χ3n) is 3.69. The number of aliphatic imine (C=N–C) groups is 1. The topological polar surface area (TPSA) is 50.0 Å². The summed E-state index contributed by atoms with van der Waals surface area (Å²) in [5, 5.41) is 4.18. The molecule has 0 aromatic carbocycles. The number of guanidine groups is 1. The van der Waals surface area contributed by atoms with E-state index in [9.17, 15) is 0 Å². The van der Waals surface area contributed by atoms with Gasteiger partial charge in [-0.15, -0.1) is 0 Å². The number of hydrogen-bond acceptors (Lipinski definition) is 4. The Morgan fingerprint density at radius 2 is 2.50 bits per heavy atom. The van der Waals surface area contributed by atoms with Crippen molar-refractivity contribution in [1.82, 2.24) is 10.2 Å². The standard InChI is InChI=1S/C16H27N3O2S/c1-3-15-13-19(9-12-22-15)16(18-8-11-20-2)17-7-6-14-5-4-10-21-14/h4-5,10,15H,3,6-9,11-13H2,1-2H3,(H,17,18). The Balaban J connectivity index is 1.88. The lowest BCUT2D eigenvalue weighted by molar-refractivity contribution is 0.207. The predicted molar refractivity (Wildman–Crippen MR) is 92.7 cm³/mol. The lowest BCUT2D eigenvalue weighted by Crippen LogP contribution is -2.48. The predicted octanol–water partition coefficient (Wildman–Crippen LogP) is 2.24. The molecule has 22 heavy (non-hydrogen) atoms. The number of thioether (sulfide) groups is 1. The Morgan fingerprint density at radius 1 is 1.59 bits per heavy atom. The summed E-state index contributed by atoms with van der Waals surface area (Å²) in [5.41, 5.74) is 0. The zero-order valence-corrected chi connectivity index (χ0v) is 14.4. The highest BCUT2D eigenvalue weighted by Gasteiger charge is 2.21. The summed E-state index contributed by atoms with van der Waals surface area (Å²) in [4.78, 5) is 7.07. The molecule has 1 N–H and O–H groups in total. The highest BCUT2D eigenvalue weighted by molar-refractivity contribution is 8.00. The second-order valence-electron chi connectivity index (χ2n) is 5.30. The molecule has 1 aliphatic heterocycles. The van der Waals surface area contributed by atoms with Crippen LogP contribution < -0.4 is 5.32 Å². The number of rotatable bonds is 7. The van der Waals surface area contributed by atoms with Gasteiger partial charge < -0.3 is 19.4 Å². The summed E-state index contributed by atoms with van der Waals surface area (Å²) in [6, 6.07) is 3.94. The fourth-order valence-corrected chi connectivity index (χ4v) is 3.60. The van der Waals surface area contributed by atoms with Crippen molar-refractivity contribution in [3.05, 3.63) is 24.2 Å². The van der Waals surface area contributed by atoms with E-state index in [1.54, 1.807) is 13.4 Å². The lowest BCUT2D eigenvalue weighted by atomic mass is 10.3. The first-order valence-corrected chi connectivity index (χ1v) is 9.04. The zero-order chi connectivity index (χ0) is 15.6. The number of ether oxygens (including phenoxy) is 1. The molecule has 0 radical (unpaired) electrons. The van der Waals surface area contributed by atoms with Gasteiger partial charge in [-0.05, 0) is 18.6 Å². The molecule has 1 aromatic heterocycles.